The predicted molar refractivity (Wildman–Crippen MR) is 61.1 cm³/mol. The summed E-state index contributed by atoms with van der Waals surface area (Å²) in [6.07, 6.45) is 0. The third-order valence-electron chi connectivity index (χ3n) is 1.67. The minimum absolute atomic E-state index is 0. The van der Waals surface area contributed by atoms with Gasteiger partial charge in [0.25, 0.3) is 0 Å². The fourth-order valence-corrected chi connectivity index (χ4v) is 1.62. The molecule has 0 heterocycles. The van der Waals surface area contributed by atoms with Gasteiger partial charge in [0.05, 0.1) is 0 Å². The van der Waals surface area contributed by atoms with E-state index in [9.17, 15) is 0 Å². The SMILES string of the molecule is Br.CC(C)N(CCBr)C(C)C. The van der Waals surface area contributed by atoms with Gasteiger partial charge in [-0.1, -0.05) is 15.9 Å². The van der Waals surface area contributed by atoms with Crippen LogP contribution in [-0.2, 0) is 0 Å². The molecular formula is C8H19Br2N. The Balaban J connectivity index is 0. The van der Waals surface area contributed by atoms with E-state index in [0.717, 1.165) is 11.9 Å². The van der Waals surface area contributed by atoms with Crippen LogP contribution < -0.4 is 0 Å². The summed E-state index contributed by atoms with van der Waals surface area (Å²) in [5.41, 5.74) is 0. The monoisotopic (exact) mass is 287 g/mol. The maximum absolute atomic E-state index is 3.44. The topological polar surface area (TPSA) is 3.24 Å². The first kappa shape index (κ1) is 14.4. The van der Waals surface area contributed by atoms with E-state index in [2.05, 4.69) is 48.5 Å². The van der Waals surface area contributed by atoms with E-state index >= 15 is 0 Å². The summed E-state index contributed by atoms with van der Waals surface area (Å²) >= 11 is 3.44. The maximum Gasteiger partial charge on any atom is 0.0159 e. The second kappa shape index (κ2) is 7.56. The number of hydrogen-bond donors (Lipinski definition) is 0. The van der Waals surface area contributed by atoms with E-state index in [4.69, 9.17) is 0 Å². The van der Waals surface area contributed by atoms with Crippen LogP contribution in [-0.4, -0.2) is 28.9 Å². The summed E-state index contributed by atoms with van der Waals surface area (Å²) < 4.78 is 0. The van der Waals surface area contributed by atoms with E-state index in [-0.39, 0.29) is 17.0 Å². The molecule has 0 saturated heterocycles. The molecule has 0 aliphatic rings. The van der Waals surface area contributed by atoms with Gasteiger partial charge in [0.2, 0.25) is 0 Å². The van der Waals surface area contributed by atoms with Crippen molar-refractivity contribution in [3.63, 3.8) is 0 Å². The quantitative estimate of drug-likeness (QED) is 0.719. The van der Waals surface area contributed by atoms with E-state index in [1.54, 1.807) is 0 Å². The Labute approximate surface area is 89.4 Å². The van der Waals surface area contributed by atoms with Crippen LogP contribution in [0.2, 0.25) is 0 Å². The van der Waals surface area contributed by atoms with Gasteiger partial charge in [-0.25, -0.2) is 0 Å². The first-order valence-corrected chi connectivity index (χ1v) is 5.03. The van der Waals surface area contributed by atoms with Crippen molar-refractivity contribution < 1.29 is 0 Å². The van der Waals surface area contributed by atoms with E-state index in [1.165, 1.54) is 0 Å². The van der Waals surface area contributed by atoms with Crippen LogP contribution in [0.5, 0.6) is 0 Å². The number of rotatable bonds is 4. The first-order chi connectivity index (χ1) is 4.59. The van der Waals surface area contributed by atoms with Gasteiger partial charge >= 0.3 is 0 Å². The average molecular weight is 289 g/mol. The lowest BCUT2D eigenvalue weighted by molar-refractivity contribution is 0.188. The zero-order valence-electron chi connectivity index (χ0n) is 7.80. The Morgan fingerprint density at radius 3 is 1.55 bits per heavy atom. The van der Waals surface area contributed by atoms with Crippen molar-refractivity contribution in [1.82, 2.24) is 4.90 Å². The molecule has 0 spiro atoms. The molecule has 0 aromatic heterocycles. The third kappa shape index (κ3) is 6.12. The molecule has 0 bridgehead atoms. The van der Waals surface area contributed by atoms with Crippen molar-refractivity contribution in [2.45, 2.75) is 39.8 Å². The summed E-state index contributed by atoms with van der Waals surface area (Å²) in [6.45, 7) is 10.1. The number of alkyl halides is 1. The molecule has 0 unspecified atom stereocenters. The van der Waals surface area contributed by atoms with Gasteiger partial charge in [-0.15, -0.1) is 17.0 Å². The number of halogens is 2. The third-order valence-corrected chi connectivity index (χ3v) is 2.02. The molecule has 0 aromatic rings. The van der Waals surface area contributed by atoms with Crippen LogP contribution in [0.15, 0.2) is 0 Å². The fraction of sp³-hybridized carbons (Fsp3) is 1.00. The molecule has 0 aliphatic heterocycles. The molecule has 0 fully saturated rings. The number of nitrogens with zero attached hydrogens (tertiary/aromatic N) is 1. The van der Waals surface area contributed by atoms with Crippen LogP contribution in [0.25, 0.3) is 0 Å². The highest BCUT2D eigenvalue weighted by atomic mass is 79.9. The zero-order valence-corrected chi connectivity index (χ0v) is 11.1. The molecule has 0 radical (unpaired) electrons. The van der Waals surface area contributed by atoms with Gasteiger partial charge in [-0.05, 0) is 27.7 Å². The molecule has 0 amide bonds. The lowest BCUT2D eigenvalue weighted by atomic mass is 10.2. The minimum atomic E-state index is 0. The van der Waals surface area contributed by atoms with Crippen LogP contribution in [0.4, 0.5) is 0 Å². The van der Waals surface area contributed by atoms with Gasteiger partial charge in [0.15, 0.2) is 0 Å². The fourth-order valence-electron chi connectivity index (χ4n) is 1.21. The van der Waals surface area contributed by atoms with Crippen molar-refractivity contribution in [3.05, 3.63) is 0 Å². The summed E-state index contributed by atoms with van der Waals surface area (Å²) in [4.78, 5) is 2.47. The van der Waals surface area contributed by atoms with E-state index in [0.29, 0.717) is 12.1 Å². The van der Waals surface area contributed by atoms with Crippen LogP contribution in [0, 0.1) is 0 Å². The van der Waals surface area contributed by atoms with Crippen LogP contribution >= 0.6 is 32.9 Å². The van der Waals surface area contributed by atoms with Crippen LogP contribution in [0.3, 0.4) is 0 Å². The molecule has 0 aliphatic carbocycles. The second-order valence-electron chi connectivity index (χ2n) is 3.11. The predicted octanol–water partition coefficient (Wildman–Crippen LogP) is 3.08. The van der Waals surface area contributed by atoms with Crippen LogP contribution in [0.1, 0.15) is 27.7 Å². The molecule has 70 valence electrons. The van der Waals surface area contributed by atoms with Crippen molar-refractivity contribution in [3.8, 4) is 0 Å². The minimum Gasteiger partial charge on any atom is -0.298 e. The highest BCUT2D eigenvalue weighted by Gasteiger charge is 2.10. The van der Waals surface area contributed by atoms with E-state index < -0.39 is 0 Å². The molecular weight excluding hydrogens is 270 g/mol. The standard InChI is InChI=1S/C8H18BrN.BrH/c1-7(2)10(6-5-9)8(3)4;/h7-8H,5-6H2,1-4H3;1H. The highest BCUT2D eigenvalue weighted by Crippen LogP contribution is 2.04. The van der Waals surface area contributed by atoms with Crippen molar-refractivity contribution in [2.75, 3.05) is 11.9 Å². The van der Waals surface area contributed by atoms with Crippen molar-refractivity contribution in [1.29, 1.82) is 0 Å². The molecule has 3 heteroatoms. The molecule has 0 rings (SSSR count). The highest BCUT2D eigenvalue weighted by molar-refractivity contribution is 9.09. The van der Waals surface area contributed by atoms with Crippen molar-refractivity contribution >= 4 is 32.9 Å². The Kier molecular flexibility index (Phi) is 9.93. The molecule has 0 saturated carbocycles. The number of hydrogen-bond acceptors (Lipinski definition) is 1. The average Bonchev–Trinajstić information content (AvgIpc) is 1.81. The summed E-state index contributed by atoms with van der Waals surface area (Å²) in [5.74, 6) is 0. The normalized spacial score (nSPS) is 10.9. The van der Waals surface area contributed by atoms with Gasteiger partial charge in [0.1, 0.15) is 0 Å². The van der Waals surface area contributed by atoms with Gasteiger partial charge < -0.3 is 0 Å². The Morgan fingerprint density at radius 2 is 1.45 bits per heavy atom. The Morgan fingerprint density at radius 1 is 1.09 bits per heavy atom. The zero-order chi connectivity index (χ0) is 8.15. The molecule has 11 heavy (non-hydrogen) atoms. The lowest BCUT2D eigenvalue weighted by Crippen LogP contribution is -2.38. The maximum atomic E-state index is 3.44. The van der Waals surface area contributed by atoms with Gasteiger partial charge in [-0.2, -0.15) is 0 Å². The summed E-state index contributed by atoms with van der Waals surface area (Å²) in [7, 11) is 0. The molecule has 1 nitrogen and oxygen atoms in total. The molecule has 0 atom stereocenters. The molecule has 0 N–H and O–H groups in total. The lowest BCUT2D eigenvalue weighted by Gasteiger charge is -2.29. The van der Waals surface area contributed by atoms with Gasteiger partial charge in [-0.3, -0.25) is 4.90 Å². The largest absolute Gasteiger partial charge is 0.298 e. The summed E-state index contributed by atoms with van der Waals surface area (Å²) in [6, 6.07) is 1.33. The van der Waals surface area contributed by atoms with Crippen molar-refractivity contribution in [2.24, 2.45) is 0 Å². The molecule has 0 aromatic carbocycles. The summed E-state index contributed by atoms with van der Waals surface area (Å²) in [5, 5.41) is 1.07. The second-order valence-corrected chi connectivity index (χ2v) is 3.91. The Bertz CT molecular complexity index is 76.2. The smallest absolute Gasteiger partial charge is 0.0159 e. The first-order valence-electron chi connectivity index (χ1n) is 3.91. The van der Waals surface area contributed by atoms with Gasteiger partial charge in [0, 0.05) is 24.0 Å². The Hall–Kier alpha value is 0.920. The van der Waals surface area contributed by atoms with E-state index in [1.807, 2.05) is 0 Å².